The van der Waals surface area contributed by atoms with Crippen molar-refractivity contribution in [2.24, 2.45) is 0 Å². The Balaban J connectivity index is 1.78. The molecule has 0 aromatic carbocycles. The third kappa shape index (κ3) is 3.07. The second-order valence-corrected chi connectivity index (χ2v) is 8.16. The van der Waals surface area contributed by atoms with Crippen LogP contribution in [0.2, 0.25) is 0 Å². The minimum Gasteiger partial charge on any atom is -0.496 e. The van der Waals surface area contributed by atoms with Crippen molar-refractivity contribution in [3.8, 4) is 17.1 Å². The molecule has 3 N–H and O–H groups in total. The number of fused-ring (bicyclic) bond motifs is 1. The topological polar surface area (TPSA) is 83.7 Å². The molecule has 2 radical (unpaired) electrons. The van der Waals surface area contributed by atoms with Gasteiger partial charge in [-0.3, -0.25) is 4.40 Å². The van der Waals surface area contributed by atoms with E-state index >= 15 is 0 Å². The van der Waals surface area contributed by atoms with Gasteiger partial charge in [0.2, 0.25) is 0 Å². The van der Waals surface area contributed by atoms with E-state index < -0.39 is 5.60 Å². The number of pyridine rings is 2. The summed E-state index contributed by atoms with van der Waals surface area (Å²) >= 11 is 0. The number of aromatic nitrogens is 3. The summed E-state index contributed by atoms with van der Waals surface area (Å²) in [6, 6.07) is 7.75. The van der Waals surface area contributed by atoms with Crippen molar-refractivity contribution in [2.45, 2.75) is 25.1 Å². The summed E-state index contributed by atoms with van der Waals surface area (Å²) in [4.78, 5) is 12.5. The fraction of sp³-hybridized carbons (Fsp3) is 0.333. The van der Waals surface area contributed by atoms with Gasteiger partial charge in [-0.1, -0.05) is 6.07 Å². The maximum atomic E-state index is 10.5. The zero-order chi connectivity index (χ0) is 18.3. The molecular weight excluding hydrogens is 346 g/mol. The zero-order valence-electron chi connectivity index (χ0n) is 14.9. The van der Waals surface area contributed by atoms with Crippen LogP contribution in [0.4, 0.5) is 5.82 Å². The second kappa shape index (κ2) is 6.38. The van der Waals surface area contributed by atoms with Gasteiger partial charge in [-0.25, -0.2) is 9.97 Å². The molecule has 1 aliphatic rings. The Morgan fingerprint density at radius 3 is 2.88 bits per heavy atom. The molecule has 0 saturated carbocycles. The number of nitrogens with one attached hydrogen (secondary N) is 2. The number of ether oxygens (including phenoxy) is 1. The predicted molar refractivity (Wildman–Crippen MR) is 101 cm³/mol. The van der Waals surface area contributed by atoms with Crippen LogP contribution in [-0.2, 0) is 5.60 Å². The number of rotatable bonds is 5. The Morgan fingerprint density at radius 2 is 2.23 bits per heavy atom. The number of hydrogen-bond donors (Lipinski definition) is 3. The standard InChI is InChI=1S/C18H21N5O2Si/c1-18(2,24)11-10-23-13(8-19-16(23)7-14(11)25-3)12-5-4-6-15(21-12)22-17-9-20-26-17/h4-8,10,17,20,24H,9H2,1-3H3,(H,21,22)/t17-/m0/s1. The van der Waals surface area contributed by atoms with Crippen molar-refractivity contribution in [3.63, 3.8) is 0 Å². The summed E-state index contributed by atoms with van der Waals surface area (Å²) < 4.78 is 7.37. The second-order valence-electron chi connectivity index (χ2n) is 6.82. The smallest absolute Gasteiger partial charge is 0.167 e. The van der Waals surface area contributed by atoms with E-state index in [-0.39, 0.29) is 0 Å². The molecule has 4 rings (SSSR count). The van der Waals surface area contributed by atoms with Gasteiger partial charge in [0.25, 0.3) is 0 Å². The van der Waals surface area contributed by atoms with Gasteiger partial charge in [0.15, 0.2) is 9.68 Å². The summed E-state index contributed by atoms with van der Waals surface area (Å²) in [5.74, 6) is 1.47. The largest absolute Gasteiger partial charge is 0.496 e. The van der Waals surface area contributed by atoms with Gasteiger partial charge in [0.1, 0.15) is 17.2 Å². The van der Waals surface area contributed by atoms with Crippen LogP contribution in [-0.4, -0.2) is 48.5 Å². The van der Waals surface area contributed by atoms with Gasteiger partial charge in [0.05, 0.1) is 30.3 Å². The first-order chi connectivity index (χ1) is 12.5. The molecule has 26 heavy (non-hydrogen) atoms. The number of hydrogen-bond acceptors (Lipinski definition) is 6. The van der Waals surface area contributed by atoms with Crippen LogP contribution < -0.4 is 15.0 Å². The number of methoxy groups -OCH3 is 1. The Labute approximate surface area is 154 Å². The lowest BCUT2D eigenvalue weighted by Gasteiger charge is -2.27. The molecular formula is C18H21N5O2Si. The summed E-state index contributed by atoms with van der Waals surface area (Å²) in [5.41, 5.74) is 2.55. The van der Waals surface area contributed by atoms with Crippen LogP contribution >= 0.6 is 0 Å². The molecule has 0 bridgehead atoms. The van der Waals surface area contributed by atoms with E-state index in [2.05, 4.69) is 15.3 Å². The highest BCUT2D eigenvalue weighted by atomic mass is 28.2. The Morgan fingerprint density at radius 1 is 1.42 bits per heavy atom. The van der Waals surface area contributed by atoms with Crippen molar-refractivity contribution in [1.82, 2.24) is 19.4 Å². The van der Waals surface area contributed by atoms with Gasteiger partial charge in [0, 0.05) is 30.0 Å². The van der Waals surface area contributed by atoms with Crippen molar-refractivity contribution >= 4 is 21.1 Å². The van der Waals surface area contributed by atoms with Crippen molar-refractivity contribution < 1.29 is 9.84 Å². The molecule has 0 aliphatic carbocycles. The third-order valence-corrected chi connectivity index (χ3v) is 5.51. The highest BCUT2D eigenvalue weighted by Crippen LogP contribution is 2.32. The Bertz CT molecular complexity index is 946. The molecule has 0 unspecified atom stereocenters. The summed E-state index contributed by atoms with van der Waals surface area (Å²) in [6.07, 6.45) is 3.66. The normalized spacial score (nSPS) is 17.2. The summed E-state index contributed by atoms with van der Waals surface area (Å²) in [7, 11) is 2.32. The lowest BCUT2D eigenvalue weighted by molar-refractivity contribution is 0.0752. The van der Waals surface area contributed by atoms with Crippen molar-refractivity contribution in [1.29, 1.82) is 0 Å². The zero-order valence-corrected chi connectivity index (χ0v) is 15.9. The molecule has 1 atom stereocenters. The van der Waals surface area contributed by atoms with Crippen LogP contribution in [0.15, 0.2) is 36.7 Å². The Hall–Kier alpha value is -2.42. The predicted octanol–water partition coefficient (Wildman–Crippen LogP) is 1.59. The molecule has 7 nitrogen and oxygen atoms in total. The first kappa shape index (κ1) is 17.0. The maximum absolute atomic E-state index is 10.5. The highest BCUT2D eigenvalue weighted by molar-refractivity contribution is 6.39. The number of imidazole rings is 1. The molecule has 0 spiro atoms. The quantitative estimate of drug-likeness (QED) is 0.594. The van der Waals surface area contributed by atoms with Crippen LogP contribution in [0.3, 0.4) is 0 Å². The van der Waals surface area contributed by atoms with E-state index in [1.807, 2.05) is 34.9 Å². The lowest BCUT2D eigenvalue weighted by atomic mass is 9.99. The highest BCUT2D eigenvalue weighted by Gasteiger charge is 2.23. The van der Waals surface area contributed by atoms with Crippen molar-refractivity contribution in [2.75, 3.05) is 19.0 Å². The fourth-order valence-electron chi connectivity index (χ4n) is 2.95. The van der Waals surface area contributed by atoms with Gasteiger partial charge < -0.3 is 20.1 Å². The van der Waals surface area contributed by atoms with Crippen LogP contribution in [0.5, 0.6) is 5.75 Å². The first-order valence-corrected chi connectivity index (χ1v) is 9.54. The van der Waals surface area contributed by atoms with E-state index in [0.717, 1.165) is 39.1 Å². The minimum absolute atomic E-state index is 0.450. The first-order valence-electron chi connectivity index (χ1n) is 8.46. The van der Waals surface area contributed by atoms with E-state index in [0.29, 0.717) is 17.0 Å². The van der Waals surface area contributed by atoms with E-state index in [1.54, 1.807) is 27.2 Å². The van der Waals surface area contributed by atoms with Crippen molar-refractivity contribution in [3.05, 3.63) is 42.2 Å². The third-order valence-electron chi connectivity index (χ3n) is 4.40. The number of nitrogens with zero attached hydrogens (tertiary/aromatic N) is 3. The monoisotopic (exact) mass is 367 g/mol. The number of anilines is 1. The molecule has 134 valence electrons. The Kier molecular flexibility index (Phi) is 4.18. The van der Waals surface area contributed by atoms with Crippen LogP contribution in [0, 0.1) is 0 Å². The molecule has 1 aliphatic heterocycles. The molecule has 0 amide bonds. The molecule has 4 heterocycles. The van der Waals surface area contributed by atoms with E-state index in [1.165, 1.54) is 0 Å². The fourth-order valence-corrected chi connectivity index (χ4v) is 3.58. The van der Waals surface area contributed by atoms with Gasteiger partial charge in [-0.05, 0) is 26.0 Å². The summed E-state index contributed by atoms with van der Waals surface area (Å²) in [5, 5.41) is 13.9. The lowest BCUT2D eigenvalue weighted by Crippen LogP contribution is -2.55. The van der Waals surface area contributed by atoms with Crippen LogP contribution in [0.25, 0.3) is 17.0 Å². The molecule has 3 aromatic heterocycles. The van der Waals surface area contributed by atoms with Gasteiger partial charge >= 0.3 is 0 Å². The average molecular weight is 367 g/mol. The summed E-state index contributed by atoms with van der Waals surface area (Å²) in [6.45, 7) is 4.45. The molecule has 1 saturated heterocycles. The van der Waals surface area contributed by atoms with Gasteiger partial charge in [-0.2, -0.15) is 0 Å². The number of aliphatic hydroxyl groups is 1. The molecule has 8 heteroatoms. The van der Waals surface area contributed by atoms with E-state index in [4.69, 9.17) is 9.72 Å². The molecule has 1 fully saturated rings. The maximum Gasteiger partial charge on any atom is 0.167 e. The minimum atomic E-state index is -1.03. The SMILES string of the molecule is COc1cc2ncc(-c3cccc(N[C@@H]4CN[Si]4)n3)n2cc1C(C)(C)O. The average Bonchev–Trinajstić information content (AvgIpc) is 2.99. The van der Waals surface area contributed by atoms with Crippen LogP contribution in [0.1, 0.15) is 19.4 Å². The van der Waals surface area contributed by atoms with Gasteiger partial charge in [-0.15, -0.1) is 0 Å². The molecule has 3 aromatic rings. The van der Waals surface area contributed by atoms with E-state index in [9.17, 15) is 5.11 Å².